The number of nitrogens with zero attached hydrogens (tertiary/aromatic N) is 1. The van der Waals surface area contributed by atoms with Gasteiger partial charge in [0.15, 0.2) is 6.10 Å². The molecule has 0 fully saturated rings. The van der Waals surface area contributed by atoms with Crippen LogP contribution in [0.15, 0.2) is 53.1 Å². The fourth-order valence-corrected chi connectivity index (χ4v) is 3.07. The van der Waals surface area contributed by atoms with Gasteiger partial charge in [-0.25, -0.2) is 4.79 Å². The van der Waals surface area contributed by atoms with Crippen molar-refractivity contribution < 1.29 is 23.5 Å². The zero-order chi connectivity index (χ0) is 21.0. The summed E-state index contributed by atoms with van der Waals surface area (Å²) < 4.78 is 18.0. The maximum atomic E-state index is 12.7. The van der Waals surface area contributed by atoms with Gasteiger partial charge in [0.1, 0.15) is 11.5 Å². The standard InChI is InChI=1S/C22H24N2O5/c1-14-12-18(15(2)24(14)13-17-8-7-11-28-17)22(26)29-16(3)21(25)23-19-9-5-6-10-20(19)27-4/h5-12,16H,13H2,1-4H3,(H,23,25)/t16-/m1/s1. The number of benzene rings is 1. The van der Waals surface area contributed by atoms with E-state index in [1.54, 1.807) is 36.6 Å². The van der Waals surface area contributed by atoms with Crippen molar-refractivity contribution in [2.24, 2.45) is 0 Å². The van der Waals surface area contributed by atoms with Crippen molar-refractivity contribution in [1.29, 1.82) is 0 Å². The highest BCUT2D eigenvalue weighted by Crippen LogP contribution is 2.24. The van der Waals surface area contributed by atoms with Crippen LogP contribution in [0.5, 0.6) is 5.75 Å². The van der Waals surface area contributed by atoms with Crippen LogP contribution in [0.3, 0.4) is 0 Å². The second-order valence-electron chi connectivity index (χ2n) is 6.69. The first kappa shape index (κ1) is 20.3. The molecule has 152 valence electrons. The van der Waals surface area contributed by atoms with E-state index in [1.165, 1.54) is 14.0 Å². The van der Waals surface area contributed by atoms with Crippen LogP contribution in [0.4, 0.5) is 5.69 Å². The first-order valence-corrected chi connectivity index (χ1v) is 9.24. The molecule has 0 unspecified atom stereocenters. The Hall–Kier alpha value is -3.48. The Kier molecular flexibility index (Phi) is 6.07. The van der Waals surface area contributed by atoms with Crippen LogP contribution < -0.4 is 10.1 Å². The Balaban J connectivity index is 1.68. The van der Waals surface area contributed by atoms with Gasteiger partial charge in [0.05, 0.1) is 31.2 Å². The Morgan fingerprint density at radius 2 is 1.93 bits per heavy atom. The zero-order valence-corrected chi connectivity index (χ0v) is 16.9. The number of furan rings is 1. The molecule has 2 heterocycles. The molecular weight excluding hydrogens is 372 g/mol. The van der Waals surface area contributed by atoms with Gasteiger partial charge in [-0.2, -0.15) is 0 Å². The Morgan fingerprint density at radius 3 is 2.62 bits per heavy atom. The van der Waals surface area contributed by atoms with E-state index in [4.69, 9.17) is 13.9 Å². The number of nitrogens with one attached hydrogen (secondary N) is 1. The first-order chi connectivity index (χ1) is 13.9. The molecule has 0 radical (unpaired) electrons. The van der Waals surface area contributed by atoms with Gasteiger partial charge < -0.3 is 23.8 Å². The average molecular weight is 396 g/mol. The van der Waals surface area contributed by atoms with Crippen LogP contribution in [0.2, 0.25) is 0 Å². The number of para-hydroxylation sites is 2. The van der Waals surface area contributed by atoms with Gasteiger partial charge in [-0.15, -0.1) is 0 Å². The summed E-state index contributed by atoms with van der Waals surface area (Å²) in [6.45, 7) is 5.79. The van der Waals surface area contributed by atoms with Crippen molar-refractivity contribution in [3.63, 3.8) is 0 Å². The fourth-order valence-electron chi connectivity index (χ4n) is 3.07. The Bertz CT molecular complexity index is 1000. The van der Waals surface area contributed by atoms with Crippen LogP contribution in [-0.4, -0.2) is 29.7 Å². The van der Waals surface area contributed by atoms with Gasteiger partial charge in [-0.1, -0.05) is 12.1 Å². The summed E-state index contributed by atoms with van der Waals surface area (Å²) in [7, 11) is 1.52. The minimum absolute atomic E-state index is 0.422. The third kappa shape index (κ3) is 4.51. The van der Waals surface area contributed by atoms with E-state index in [1.807, 2.05) is 30.5 Å². The average Bonchev–Trinajstić information content (AvgIpc) is 3.32. The van der Waals surface area contributed by atoms with Crippen LogP contribution in [-0.2, 0) is 16.1 Å². The molecular formula is C22H24N2O5. The van der Waals surface area contributed by atoms with E-state index in [2.05, 4.69) is 5.32 Å². The number of carbonyl (C=O) groups is 2. The third-order valence-corrected chi connectivity index (χ3v) is 4.71. The molecule has 7 nitrogen and oxygen atoms in total. The number of aromatic nitrogens is 1. The zero-order valence-electron chi connectivity index (χ0n) is 16.9. The van der Waals surface area contributed by atoms with Crippen LogP contribution in [0, 0.1) is 13.8 Å². The Morgan fingerprint density at radius 1 is 1.17 bits per heavy atom. The molecule has 1 aromatic carbocycles. The van der Waals surface area contributed by atoms with E-state index in [9.17, 15) is 9.59 Å². The highest BCUT2D eigenvalue weighted by atomic mass is 16.5. The van der Waals surface area contributed by atoms with Gasteiger partial charge in [0.25, 0.3) is 5.91 Å². The summed E-state index contributed by atoms with van der Waals surface area (Å²) in [4.78, 5) is 25.1. The van der Waals surface area contributed by atoms with E-state index < -0.39 is 18.0 Å². The number of carbonyl (C=O) groups excluding carboxylic acids is 2. The quantitative estimate of drug-likeness (QED) is 0.612. The maximum Gasteiger partial charge on any atom is 0.340 e. The van der Waals surface area contributed by atoms with E-state index in [-0.39, 0.29) is 0 Å². The van der Waals surface area contributed by atoms with Crippen LogP contribution >= 0.6 is 0 Å². The predicted molar refractivity (Wildman–Crippen MR) is 108 cm³/mol. The Labute approximate surface area is 169 Å². The molecule has 0 aliphatic heterocycles. The molecule has 0 aliphatic rings. The molecule has 0 saturated heterocycles. The maximum absolute atomic E-state index is 12.7. The summed E-state index contributed by atoms with van der Waals surface area (Å²) in [5, 5.41) is 2.72. The lowest BCUT2D eigenvalue weighted by molar-refractivity contribution is -0.123. The van der Waals surface area contributed by atoms with E-state index in [0.29, 0.717) is 23.5 Å². The summed E-state index contributed by atoms with van der Waals surface area (Å²) >= 11 is 0. The monoisotopic (exact) mass is 396 g/mol. The molecule has 29 heavy (non-hydrogen) atoms. The second-order valence-corrected chi connectivity index (χ2v) is 6.69. The topological polar surface area (TPSA) is 82.7 Å². The molecule has 3 aromatic rings. The molecule has 1 amide bonds. The molecule has 2 aromatic heterocycles. The van der Waals surface area contributed by atoms with Gasteiger partial charge in [-0.05, 0) is 51.1 Å². The first-order valence-electron chi connectivity index (χ1n) is 9.24. The summed E-state index contributed by atoms with van der Waals surface area (Å²) in [5.74, 6) is 0.329. The largest absolute Gasteiger partial charge is 0.495 e. The SMILES string of the molecule is COc1ccccc1NC(=O)[C@@H](C)OC(=O)c1cc(C)n(Cc2ccco2)c1C. The molecule has 3 rings (SSSR count). The fraction of sp³-hybridized carbons (Fsp3) is 0.273. The normalized spacial score (nSPS) is 11.7. The number of rotatable bonds is 7. The summed E-state index contributed by atoms with van der Waals surface area (Å²) in [6, 6.07) is 12.5. The molecule has 0 aliphatic carbocycles. The molecule has 0 spiro atoms. The van der Waals surface area contributed by atoms with Gasteiger partial charge in [0.2, 0.25) is 0 Å². The van der Waals surface area contributed by atoms with E-state index >= 15 is 0 Å². The second kappa shape index (κ2) is 8.68. The highest BCUT2D eigenvalue weighted by molar-refractivity contribution is 5.98. The van der Waals surface area contributed by atoms with Crippen LogP contribution in [0.1, 0.15) is 34.4 Å². The lowest BCUT2D eigenvalue weighted by Gasteiger charge is -2.15. The molecule has 7 heteroatoms. The van der Waals surface area contributed by atoms with Crippen molar-refractivity contribution in [1.82, 2.24) is 4.57 Å². The number of anilines is 1. The molecule has 1 atom stereocenters. The number of methoxy groups -OCH3 is 1. The predicted octanol–water partition coefficient (Wildman–Crippen LogP) is 3.94. The van der Waals surface area contributed by atoms with Crippen molar-refractivity contribution in [3.8, 4) is 5.75 Å². The summed E-state index contributed by atoms with van der Waals surface area (Å²) in [5.41, 5.74) is 2.59. The minimum Gasteiger partial charge on any atom is -0.495 e. The number of aryl methyl sites for hydroxylation is 1. The van der Waals surface area contributed by atoms with Gasteiger partial charge in [0, 0.05) is 11.4 Å². The van der Waals surface area contributed by atoms with Crippen molar-refractivity contribution in [3.05, 3.63) is 71.4 Å². The van der Waals surface area contributed by atoms with Crippen LogP contribution in [0.25, 0.3) is 0 Å². The number of hydrogen-bond acceptors (Lipinski definition) is 5. The molecule has 1 N–H and O–H groups in total. The molecule has 0 saturated carbocycles. The van der Waals surface area contributed by atoms with Crippen molar-refractivity contribution >= 4 is 17.6 Å². The number of hydrogen-bond donors (Lipinski definition) is 1. The van der Waals surface area contributed by atoms with Crippen molar-refractivity contribution in [2.45, 2.75) is 33.4 Å². The highest BCUT2D eigenvalue weighted by Gasteiger charge is 2.23. The molecule has 0 bridgehead atoms. The number of amides is 1. The van der Waals surface area contributed by atoms with Crippen molar-refractivity contribution in [2.75, 3.05) is 12.4 Å². The van der Waals surface area contributed by atoms with E-state index in [0.717, 1.165) is 17.1 Å². The minimum atomic E-state index is -0.972. The number of ether oxygens (including phenoxy) is 2. The third-order valence-electron chi connectivity index (χ3n) is 4.71. The summed E-state index contributed by atoms with van der Waals surface area (Å²) in [6.07, 6.45) is 0.640. The lowest BCUT2D eigenvalue weighted by atomic mass is 10.2. The van der Waals surface area contributed by atoms with Gasteiger partial charge in [-0.3, -0.25) is 4.79 Å². The lowest BCUT2D eigenvalue weighted by Crippen LogP contribution is -2.30. The number of esters is 1. The smallest absolute Gasteiger partial charge is 0.340 e. The van der Waals surface area contributed by atoms with Gasteiger partial charge >= 0.3 is 5.97 Å².